The Balaban J connectivity index is 1.86. The van der Waals surface area contributed by atoms with Crippen LogP contribution in [0.3, 0.4) is 0 Å². The molecule has 2 aromatic rings. The Morgan fingerprint density at radius 2 is 2.24 bits per heavy atom. The lowest BCUT2D eigenvalue weighted by Gasteiger charge is -2.29. The molecule has 1 aromatic heterocycles. The number of H-pyrrole nitrogens is 1. The number of nitrogens with two attached hydrogens (primary N) is 1. The first-order valence-corrected chi connectivity index (χ1v) is 7.71. The first kappa shape index (κ1) is 14.1. The Kier molecular flexibility index (Phi) is 3.97. The fraction of sp³-hybridized carbons (Fsp3) is 0.471. The lowest BCUT2D eigenvalue weighted by molar-refractivity contribution is -0.143. The fourth-order valence-electron chi connectivity index (χ4n) is 3.40. The molecular weight excluding hydrogens is 264 g/mol. The van der Waals surface area contributed by atoms with E-state index >= 15 is 0 Å². The predicted octanol–water partition coefficient (Wildman–Crippen LogP) is 2.87. The standard InChI is InChI=1S/C17H22N2O2/c1-2-21-16(20)10-8-13-14(18)9-7-12-11-5-3-4-6-15(11)19-17(12)13/h3-6,13-14,19H,2,7-10,18H2,1H3. The number of ether oxygens (including phenoxy) is 1. The van der Waals surface area contributed by atoms with E-state index in [4.69, 9.17) is 10.5 Å². The molecule has 1 heterocycles. The van der Waals surface area contributed by atoms with Crippen LogP contribution in [0.1, 0.15) is 43.4 Å². The van der Waals surface area contributed by atoms with Crippen molar-refractivity contribution in [2.24, 2.45) is 5.73 Å². The van der Waals surface area contributed by atoms with Crippen LogP contribution in [0.15, 0.2) is 24.3 Å². The summed E-state index contributed by atoms with van der Waals surface area (Å²) in [5.41, 5.74) is 10.1. The van der Waals surface area contributed by atoms with Gasteiger partial charge in [0, 0.05) is 35.0 Å². The van der Waals surface area contributed by atoms with Gasteiger partial charge in [-0.2, -0.15) is 0 Å². The molecular formula is C17H22N2O2. The molecule has 0 saturated carbocycles. The van der Waals surface area contributed by atoms with Crippen LogP contribution < -0.4 is 5.73 Å². The topological polar surface area (TPSA) is 68.1 Å². The molecule has 0 amide bonds. The molecule has 0 aliphatic heterocycles. The van der Waals surface area contributed by atoms with Gasteiger partial charge in [0.05, 0.1) is 6.61 Å². The van der Waals surface area contributed by atoms with Crippen molar-refractivity contribution < 1.29 is 9.53 Å². The number of aryl methyl sites for hydroxylation is 1. The number of para-hydroxylation sites is 1. The first-order valence-electron chi connectivity index (χ1n) is 7.71. The van der Waals surface area contributed by atoms with Gasteiger partial charge < -0.3 is 15.5 Å². The largest absolute Gasteiger partial charge is 0.466 e. The maximum atomic E-state index is 11.6. The molecule has 4 nitrogen and oxygen atoms in total. The minimum absolute atomic E-state index is 0.111. The van der Waals surface area contributed by atoms with Gasteiger partial charge in [-0.25, -0.2) is 0 Å². The second-order valence-electron chi connectivity index (χ2n) is 5.72. The number of fused-ring (bicyclic) bond motifs is 3. The van der Waals surface area contributed by atoms with Gasteiger partial charge >= 0.3 is 5.97 Å². The van der Waals surface area contributed by atoms with Gasteiger partial charge in [-0.15, -0.1) is 0 Å². The maximum absolute atomic E-state index is 11.6. The lowest BCUT2D eigenvalue weighted by atomic mass is 9.80. The number of hydrogen-bond donors (Lipinski definition) is 2. The average molecular weight is 286 g/mol. The third-order valence-electron chi connectivity index (χ3n) is 4.43. The second kappa shape index (κ2) is 5.90. The van der Waals surface area contributed by atoms with Crippen LogP contribution >= 0.6 is 0 Å². The smallest absolute Gasteiger partial charge is 0.305 e. The summed E-state index contributed by atoms with van der Waals surface area (Å²) in [5.74, 6) is 0.0819. The van der Waals surface area contributed by atoms with E-state index in [-0.39, 0.29) is 17.9 Å². The molecule has 0 radical (unpaired) electrons. The van der Waals surface area contributed by atoms with Gasteiger partial charge in [0.15, 0.2) is 0 Å². The van der Waals surface area contributed by atoms with Crippen molar-refractivity contribution in [2.45, 2.75) is 44.6 Å². The number of carbonyl (C=O) groups excluding carboxylic acids is 1. The average Bonchev–Trinajstić information content (AvgIpc) is 2.85. The molecule has 112 valence electrons. The maximum Gasteiger partial charge on any atom is 0.305 e. The van der Waals surface area contributed by atoms with E-state index in [1.807, 2.05) is 13.0 Å². The Labute approximate surface area is 124 Å². The molecule has 4 heteroatoms. The van der Waals surface area contributed by atoms with E-state index in [2.05, 4.69) is 23.2 Å². The molecule has 0 spiro atoms. The molecule has 1 aromatic carbocycles. The third kappa shape index (κ3) is 2.68. The van der Waals surface area contributed by atoms with Crippen LogP contribution in [0.5, 0.6) is 0 Å². The van der Waals surface area contributed by atoms with Crippen LogP contribution in [0.25, 0.3) is 10.9 Å². The molecule has 0 saturated heterocycles. The zero-order valence-corrected chi connectivity index (χ0v) is 12.4. The Hall–Kier alpha value is -1.81. The van der Waals surface area contributed by atoms with Crippen molar-refractivity contribution in [3.63, 3.8) is 0 Å². The molecule has 2 atom stereocenters. The van der Waals surface area contributed by atoms with Crippen molar-refractivity contribution in [2.75, 3.05) is 6.61 Å². The fourth-order valence-corrected chi connectivity index (χ4v) is 3.40. The number of aromatic nitrogens is 1. The highest BCUT2D eigenvalue weighted by Gasteiger charge is 2.30. The first-order chi connectivity index (χ1) is 10.2. The summed E-state index contributed by atoms with van der Waals surface area (Å²) in [4.78, 5) is 15.1. The zero-order chi connectivity index (χ0) is 14.8. The van der Waals surface area contributed by atoms with Crippen molar-refractivity contribution >= 4 is 16.9 Å². The summed E-state index contributed by atoms with van der Waals surface area (Å²) >= 11 is 0. The van der Waals surface area contributed by atoms with Gasteiger partial charge in [0.1, 0.15) is 0 Å². The molecule has 21 heavy (non-hydrogen) atoms. The number of rotatable bonds is 4. The summed E-state index contributed by atoms with van der Waals surface area (Å²) < 4.78 is 5.03. The van der Waals surface area contributed by atoms with E-state index in [0.29, 0.717) is 13.0 Å². The van der Waals surface area contributed by atoms with Gasteiger partial charge in [0.2, 0.25) is 0 Å². The lowest BCUT2D eigenvalue weighted by Crippen LogP contribution is -2.33. The normalized spacial score (nSPS) is 21.2. The molecule has 1 aliphatic carbocycles. The van der Waals surface area contributed by atoms with E-state index in [9.17, 15) is 4.79 Å². The van der Waals surface area contributed by atoms with E-state index in [0.717, 1.165) is 24.8 Å². The predicted molar refractivity (Wildman–Crippen MR) is 83.2 cm³/mol. The summed E-state index contributed by atoms with van der Waals surface area (Å²) in [5, 5.41) is 1.29. The Morgan fingerprint density at radius 3 is 3.05 bits per heavy atom. The van der Waals surface area contributed by atoms with Gasteiger partial charge in [0.25, 0.3) is 0 Å². The van der Waals surface area contributed by atoms with Crippen LogP contribution in [-0.4, -0.2) is 23.6 Å². The highest BCUT2D eigenvalue weighted by Crippen LogP contribution is 2.37. The number of benzene rings is 1. The third-order valence-corrected chi connectivity index (χ3v) is 4.43. The summed E-state index contributed by atoms with van der Waals surface area (Å²) in [7, 11) is 0. The van der Waals surface area contributed by atoms with Crippen LogP contribution in [0.4, 0.5) is 0 Å². The number of carbonyl (C=O) groups is 1. The molecule has 2 unspecified atom stereocenters. The minimum Gasteiger partial charge on any atom is -0.466 e. The molecule has 3 rings (SSSR count). The number of hydrogen-bond acceptors (Lipinski definition) is 3. The van der Waals surface area contributed by atoms with Crippen molar-refractivity contribution in [1.82, 2.24) is 4.98 Å². The summed E-state index contributed by atoms with van der Waals surface area (Å²) in [6.07, 6.45) is 3.17. The van der Waals surface area contributed by atoms with Crippen LogP contribution in [-0.2, 0) is 16.0 Å². The summed E-state index contributed by atoms with van der Waals surface area (Å²) in [6, 6.07) is 8.47. The monoisotopic (exact) mass is 286 g/mol. The Morgan fingerprint density at radius 1 is 1.43 bits per heavy atom. The minimum atomic E-state index is -0.132. The molecule has 0 bridgehead atoms. The van der Waals surface area contributed by atoms with Crippen molar-refractivity contribution in [3.05, 3.63) is 35.5 Å². The van der Waals surface area contributed by atoms with Gasteiger partial charge in [-0.3, -0.25) is 4.79 Å². The van der Waals surface area contributed by atoms with E-state index < -0.39 is 0 Å². The quantitative estimate of drug-likeness (QED) is 0.849. The van der Waals surface area contributed by atoms with Crippen molar-refractivity contribution in [1.29, 1.82) is 0 Å². The molecule has 1 aliphatic rings. The zero-order valence-electron chi connectivity index (χ0n) is 12.4. The highest BCUT2D eigenvalue weighted by molar-refractivity contribution is 5.85. The number of esters is 1. The number of aromatic amines is 1. The summed E-state index contributed by atoms with van der Waals surface area (Å²) in [6.45, 7) is 2.27. The number of nitrogens with one attached hydrogen (secondary N) is 1. The second-order valence-corrected chi connectivity index (χ2v) is 5.72. The van der Waals surface area contributed by atoms with Crippen LogP contribution in [0.2, 0.25) is 0 Å². The van der Waals surface area contributed by atoms with Crippen molar-refractivity contribution in [3.8, 4) is 0 Å². The highest BCUT2D eigenvalue weighted by atomic mass is 16.5. The van der Waals surface area contributed by atoms with E-state index in [1.165, 1.54) is 16.6 Å². The molecule has 0 fully saturated rings. The molecule has 3 N–H and O–H groups in total. The van der Waals surface area contributed by atoms with Crippen LogP contribution in [0, 0.1) is 0 Å². The SMILES string of the molecule is CCOC(=O)CCC1c2[nH]c3ccccc3c2CCC1N. The van der Waals surface area contributed by atoms with E-state index in [1.54, 1.807) is 0 Å². The van der Waals surface area contributed by atoms with Gasteiger partial charge in [-0.1, -0.05) is 18.2 Å². The van der Waals surface area contributed by atoms with Gasteiger partial charge in [-0.05, 0) is 37.8 Å². The Bertz CT molecular complexity index is 647.